The van der Waals surface area contributed by atoms with Crippen molar-refractivity contribution in [1.82, 2.24) is 9.97 Å². The second-order valence-corrected chi connectivity index (χ2v) is 7.30. The molecule has 0 amide bonds. The fourth-order valence-electron chi connectivity index (χ4n) is 2.81. The van der Waals surface area contributed by atoms with E-state index in [0.717, 1.165) is 38.8 Å². The van der Waals surface area contributed by atoms with Crippen molar-refractivity contribution >= 4 is 29.3 Å². The molecule has 0 atom stereocenters. The van der Waals surface area contributed by atoms with Gasteiger partial charge in [-0.05, 0) is 63.5 Å². The van der Waals surface area contributed by atoms with Crippen LogP contribution in [-0.2, 0) is 9.53 Å². The van der Waals surface area contributed by atoms with E-state index < -0.39 is 0 Å². The Labute approximate surface area is 164 Å². The number of H-pyrrole nitrogens is 1. The van der Waals surface area contributed by atoms with Crippen molar-refractivity contribution in [2.45, 2.75) is 39.8 Å². The Balaban J connectivity index is 2.26. The predicted octanol–water partition coefficient (Wildman–Crippen LogP) is 5.41. The summed E-state index contributed by atoms with van der Waals surface area (Å²) in [7, 11) is 1.71. The van der Waals surface area contributed by atoms with Crippen molar-refractivity contribution < 1.29 is 14.3 Å². The molecule has 1 heterocycles. The van der Waals surface area contributed by atoms with Crippen LogP contribution in [0.4, 0.5) is 0 Å². The summed E-state index contributed by atoms with van der Waals surface area (Å²) in [6.45, 7) is 10.8. The van der Waals surface area contributed by atoms with Gasteiger partial charge in [0.2, 0.25) is 0 Å². The number of thioether (sulfide) groups is 1. The Morgan fingerprint density at radius 3 is 2.59 bits per heavy atom. The van der Waals surface area contributed by atoms with Gasteiger partial charge in [0.25, 0.3) is 6.47 Å². The largest absolute Gasteiger partial charge is 0.496 e. The third-order valence-electron chi connectivity index (χ3n) is 4.36. The van der Waals surface area contributed by atoms with Crippen LogP contribution in [0.5, 0.6) is 5.75 Å². The van der Waals surface area contributed by atoms with Crippen LogP contribution in [0.25, 0.3) is 11.0 Å². The number of benzene rings is 1. The van der Waals surface area contributed by atoms with Crippen molar-refractivity contribution in [3.05, 3.63) is 52.3 Å². The summed E-state index contributed by atoms with van der Waals surface area (Å²) >= 11 is 1.63. The first-order chi connectivity index (χ1) is 12.9. The van der Waals surface area contributed by atoms with Gasteiger partial charge in [0.1, 0.15) is 11.5 Å². The number of rotatable bonds is 8. The molecule has 1 N–H and O–H groups in total. The minimum Gasteiger partial charge on any atom is -0.496 e. The minimum atomic E-state index is 0.420. The molecule has 0 radical (unpaired) electrons. The van der Waals surface area contributed by atoms with E-state index in [0.29, 0.717) is 12.2 Å². The lowest BCUT2D eigenvalue weighted by Crippen LogP contribution is -2.01. The number of ether oxygens (including phenoxy) is 2. The Kier molecular flexibility index (Phi) is 7.30. The normalized spacial score (nSPS) is 12.6. The highest BCUT2D eigenvalue weighted by molar-refractivity contribution is 7.99. The topological polar surface area (TPSA) is 64.2 Å². The van der Waals surface area contributed by atoms with E-state index >= 15 is 0 Å². The van der Waals surface area contributed by atoms with Gasteiger partial charge in [0.15, 0.2) is 5.16 Å². The number of aromatic nitrogens is 2. The molecule has 1 aromatic carbocycles. The summed E-state index contributed by atoms with van der Waals surface area (Å²) in [4.78, 5) is 18.4. The van der Waals surface area contributed by atoms with Crippen molar-refractivity contribution in [2.24, 2.45) is 0 Å². The lowest BCUT2D eigenvalue weighted by atomic mass is 10.0. The summed E-state index contributed by atoms with van der Waals surface area (Å²) in [5.74, 6) is 2.18. The maximum atomic E-state index is 10.5. The van der Waals surface area contributed by atoms with Crippen LogP contribution in [0.3, 0.4) is 0 Å². The molecule has 0 aliphatic rings. The average molecular weight is 387 g/mol. The highest BCUT2D eigenvalue weighted by Crippen LogP contribution is 2.30. The van der Waals surface area contributed by atoms with E-state index in [2.05, 4.69) is 43.7 Å². The molecule has 1 aromatic heterocycles. The second-order valence-electron chi connectivity index (χ2n) is 6.33. The predicted molar refractivity (Wildman–Crippen MR) is 111 cm³/mol. The first-order valence-electron chi connectivity index (χ1n) is 8.69. The summed E-state index contributed by atoms with van der Waals surface area (Å²) in [5, 5.41) is 0.821. The van der Waals surface area contributed by atoms with E-state index in [1.54, 1.807) is 31.0 Å². The molecule has 0 unspecified atom stereocenters. The molecule has 0 aliphatic heterocycles. The van der Waals surface area contributed by atoms with E-state index in [1.807, 2.05) is 13.0 Å². The molecule has 0 saturated heterocycles. The van der Waals surface area contributed by atoms with Crippen LogP contribution in [0.1, 0.15) is 34.6 Å². The maximum absolute atomic E-state index is 10.5. The molecule has 0 spiro atoms. The molecule has 2 rings (SSSR count). The number of carbonyl (C=O) groups is 1. The molecule has 0 fully saturated rings. The third kappa shape index (κ3) is 5.04. The van der Waals surface area contributed by atoms with Gasteiger partial charge in [-0.25, -0.2) is 4.98 Å². The van der Waals surface area contributed by atoms with E-state index in [9.17, 15) is 4.79 Å². The first kappa shape index (κ1) is 20.8. The van der Waals surface area contributed by atoms with Crippen molar-refractivity contribution in [3.63, 3.8) is 0 Å². The number of methoxy groups -OCH3 is 1. The molecule has 6 heteroatoms. The third-order valence-corrected chi connectivity index (χ3v) is 5.26. The van der Waals surface area contributed by atoms with E-state index in [-0.39, 0.29) is 0 Å². The Morgan fingerprint density at radius 2 is 2.00 bits per heavy atom. The highest BCUT2D eigenvalue weighted by Gasteiger charge is 2.13. The van der Waals surface area contributed by atoms with Gasteiger partial charge in [-0.2, -0.15) is 0 Å². The molecule has 0 saturated carbocycles. The second kappa shape index (κ2) is 9.46. The zero-order chi connectivity index (χ0) is 20.0. The molecular weight excluding hydrogens is 360 g/mol. The molecule has 144 valence electrons. The monoisotopic (exact) mass is 386 g/mol. The van der Waals surface area contributed by atoms with Crippen LogP contribution in [0, 0.1) is 0 Å². The fraction of sp³-hybridized carbons (Fsp3) is 0.333. The van der Waals surface area contributed by atoms with Gasteiger partial charge in [0, 0.05) is 11.8 Å². The van der Waals surface area contributed by atoms with Gasteiger partial charge < -0.3 is 14.5 Å². The van der Waals surface area contributed by atoms with Gasteiger partial charge in [0.05, 0.1) is 18.1 Å². The minimum absolute atomic E-state index is 0.420. The SMILES string of the molecule is C/C=C(C)\C(OC)=C(\C)C(CSc1nc2ccc(OC=O)cc2[nH]1)=C(C)C. The fourth-order valence-corrected chi connectivity index (χ4v) is 3.94. The average Bonchev–Trinajstić information content (AvgIpc) is 3.04. The molecule has 0 aliphatic carbocycles. The number of carbonyl (C=O) groups excluding carboxylic acids is 1. The summed E-state index contributed by atoms with van der Waals surface area (Å²) in [6, 6.07) is 5.33. The van der Waals surface area contributed by atoms with Crippen LogP contribution in [0.15, 0.2) is 57.5 Å². The number of allylic oxidation sites excluding steroid dienone is 4. The van der Waals surface area contributed by atoms with Crippen LogP contribution in [-0.4, -0.2) is 29.3 Å². The molecule has 27 heavy (non-hydrogen) atoms. The summed E-state index contributed by atoms with van der Waals surface area (Å²) < 4.78 is 10.5. The van der Waals surface area contributed by atoms with E-state index in [1.165, 1.54) is 11.1 Å². The van der Waals surface area contributed by atoms with Crippen LogP contribution in [0.2, 0.25) is 0 Å². The maximum Gasteiger partial charge on any atom is 0.298 e. The standard InChI is InChI=1S/C21H26N2O3S/c1-7-14(4)20(25-6)15(5)17(13(2)3)11-27-21-22-18-9-8-16(26-12-24)10-19(18)23-21/h7-10,12H,11H2,1-6H3,(H,22,23)/b14-7-,20-15+. The quantitative estimate of drug-likeness (QED) is 0.284. The lowest BCUT2D eigenvalue weighted by molar-refractivity contribution is -0.120. The van der Waals surface area contributed by atoms with Crippen molar-refractivity contribution in [3.8, 4) is 5.75 Å². The number of hydrogen-bond acceptors (Lipinski definition) is 5. The van der Waals surface area contributed by atoms with Crippen LogP contribution < -0.4 is 4.74 Å². The number of fused-ring (bicyclic) bond motifs is 1. The zero-order valence-corrected chi connectivity index (χ0v) is 17.5. The highest BCUT2D eigenvalue weighted by atomic mass is 32.2. The number of imidazole rings is 1. The van der Waals surface area contributed by atoms with E-state index in [4.69, 9.17) is 9.47 Å². The Morgan fingerprint density at radius 1 is 1.26 bits per heavy atom. The number of nitrogens with zero attached hydrogens (tertiary/aromatic N) is 1. The molecular formula is C21H26N2O3S. The Hall–Kier alpha value is -2.47. The number of nitrogens with one attached hydrogen (secondary N) is 1. The zero-order valence-electron chi connectivity index (χ0n) is 16.7. The summed E-state index contributed by atoms with van der Waals surface area (Å²) in [5.41, 5.74) is 6.41. The van der Waals surface area contributed by atoms with Gasteiger partial charge >= 0.3 is 0 Å². The number of aromatic amines is 1. The van der Waals surface area contributed by atoms with Crippen LogP contribution >= 0.6 is 11.8 Å². The molecule has 2 aromatic rings. The Bertz CT molecular complexity index is 919. The molecule has 5 nitrogen and oxygen atoms in total. The van der Waals surface area contributed by atoms with Crippen molar-refractivity contribution in [1.29, 1.82) is 0 Å². The van der Waals surface area contributed by atoms with Gasteiger partial charge in [-0.1, -0.05) is 23.4 Å². The van der Waals surface area contributed by atoms with Gasteiger partial charge in [-0.15, -0.1) is 0 Å². The van der Waals surface area contributed by atoms with Crippen molar-refractivity contribution in [2.75, 3.05) is 12.9 Å². The summed E-state index contributed by atoms with van der Waals surface area (Å²) in [6.07, 6.45) is 2.05. The smallest absolute Gasteiger partial charge is 0.298 e. The lowest BCUT2D eigenvalue weighted by Gasteiger charge is -2.16. The first-order valence-corrected chi connectivity index (χ1v) is 9.67. The number of hydrogen-bond donors (Lipinski definition) is 1. The molecule has 0 bridgehead atoms. The van der Waals surface area contributed by atoms with Gasteiger partial charge in [-0.3, -0.25) is 4.79 Å².